The third-order valence-electron chi connectivity index (χ3n) is 2.63. The van der Waals surface area contributed by atoms with E-state index in [0.717, 1.165) is 6.26 Å². The summed E-state index contributed by atoms with van der Waals surface area (Å²) in [6.07, 6.45) is 1.04. The number of methoxy groups -OCH3 is 2. The van der Waals surface area contributed by atoms with Crippen molar-refractivity contribution in [2.24, 2.45) is 0 Å². The van der Waals surface area contributed by atoms with Crippen LogP contribution < -0.4 is 19.5 Å². The van der Waals surface area contributed by atoms with Gasteiger partial charge in [-0.15, -0.1) is 10.2 Å². The maximum absolute atomic E-state index is 11.1. The van der Waals surface area contributed by atoms with E-state index in [-0.39, 0.29) is 5.82 Å². The van der Waals surface area contributed by atoms with Crippen LogP contribution in [0.2, 0.25) is 0 Å². The van der Waals surface area contributed by atoms with Crippen molar-refractivity contribution >= 4 is 27.3 Å². The second kappa shape index (κ2) is 6.48. The van der Waals surface area contributed by atoms with Crippen LogP contribution in [0.4, 0.5) is 17.3 Å². The van der Waals surface area contributed by atoms with E-state index in [9.17, 15) is 8.42 Å². The third kappa shape index (κ3) is 4.22. The Hall–Kier alpha value is -2.55. The van der Waals surface area contributed by atoms with Gasteiger partial charge in [-0.25, -0.2) is 8.42 Å². The van der Waals surface area contributed by atoms with Crippen LogP contribution in [0.3, 0.4) is 0 Å². The van der Waals surface area contributed by atoms with Crippen LogP contribution in [0.1, 0.15) is 0 Å². The Labute approximate surface area is 128 Å². The summed E-state index contributed by atoms with van der Waals surface area (Å²) in [7, 11) is -0.257. The molecular formula is C13H16N4O4S. The second-order valence-corrected chi connectivity index (χ2v) is 6.12. The first-order chi connectivity index (χ1) is 10.4. The van der Waals surface area contributed by atoms with Crippen molar-refractivity contribution < 1.29 is 17.9 Å². The number of rotatable bonds is 6. The van der Waals surface area contributed by atoms with E-state index in [2.05, 4.69) is 20.2 Å². The average molecular weight is 324 g/mol. The quantitative estimate of drug-likeness (QED) is 0.832. The molecule has 1 heterocycles. The van der Waals surface area contributed by atoms with Crippen LogP contribution in [-0.4, -0.2) is 39.1 Å². The number of hydrogen-bond acceptors (Lipinski definition) is 7. The number of nitrogens with one attached hydrogen (secondary N) is 2. The topological polar surface area (TPSA) is 102 Å². The van der Waals surface area contributed by atoms with Crippen LogP contribution in [0.5, 0.6) is 11.5 Å². The summed E-state index contributed by atoms with van der Waals surface area (Å²) < 4.78 is 34.8. The summed E-state index contributed by atoms with van der Waals surface area (Å²) in [5, 5.41) is 10.7. The van der Waals surface area contributed by atoms with Gasteiger partial charge in [0.25, 0.3) is 0 Å². The zero-order valence-corrected chi connectivity index (χ0v) is 13.1. The number of anilines is 3. The van der Waals surface area contributed by atoms with E-state index in [0.29, 0.717) is 23.0 Å². The summed E-state index contributed by atoms with van der Waals surface area (Å²) in [6, 6.07) is 8.39. The Morgan fingerprint density at radius 1 is 1.00 bits per heavy atom. The zero-order chi connectivity index (χ0) is 16.2. The number of nitrogens with zero attached hydrogens (tertiary/aromatic N) is 2. The van der Waals surface area contributed by atoms with Crippen molar-refractivity contribution in [3.8, 4) is 11.5 Å². The SMILES string of the molecule is COc1ccc(Nc2ccc(NS(C)(=O)=O)nn2)c(OC)c1. The van der Waals surface area contributed by atoms with E-state index in [1.54, 1.807) is 38.5 Å². The average Bonchev–Trinajstić information content (AvgIpc) is 2.48. The molecule has 2 rings (SSSR count). The van der Waals surface area contributed by atoms with Crippen LogP contribution in [-0.2, 0) is 10.0 Å². The molecule has 8 nitrogen and oxygen atoms in total. The highest BCUT2D eigenvalue weighted by Crippen LogP contribution is 2.30. The molecule has 2 aromatic rings. The predicted molar refractivity (Wildman–Crippen MR) is 83.3 cm³/mol. The largest absolute Gasteiger partial charge is 0.497 e. The van der Waals surface area contributed by atoms with Gasteiger partial charge in [0.15, 0.2) is 11.6 Å². The molecule has 0 atom stereocenters. The van der Waals surface area contributed by atoms with E-state index in [1.807, 2.05) is 0 Å². The van der Waals surface area contributed by atoms with Crippen molar-refractivity contribution in [2.75, 3.05) is 30.5 Å². The molecule has 0 aliphatic heterocycles. The Bertz CT molecular complexity index is 747. The lowest BCUT2D eigenvalue weighted by Gasteiger charge is -2.11. The fourth-order valence-electron chi connectivity index (χ4n) is 1.68. The minimum absolute atomic E-state index is 0.148. The second-order valence-electron chi connectivity index (χ2n) is 4.37. The molecule has 0 saturated heterocycles. The fraction of sp³-hybridized carbons (Fsp3) is 0.231. The van der Waals surface area contributed by atoms with Crippen molar-refractivity contribution in [3.05, 3.63) is 30.3 Å². The molecule has 0 aliphatic rings. The smallest absolute Gasteiger partial charge is 0.231 e. The lowest BCUT2D eigenvalue weighted by atomic mass is 10.2. The molecule has 0 fully saturated rings. The highest BCUT2D eigenvalue weighted by atomic mass is 32.2. The highest BCUT2D eigenvalue weighted by Gasteiger charge is 2.07. The monoisotopic (exact) mass is 324 g/mol. The summed E-state index contributed by atoms with van der Waals surface area (Å²) in [4.78, 5) is 0. The molecule has 0 radical (unpaired) electrons. The van der Waals surface area contributed by atoms with Crippen LogP contribution in [0, 0.1) is 0 Å². The molecular weight excluding hydrogens is 308 g/mol. The first kappa shape index (κ1) is 15.8. The summed E-state index contributed by atoms with van der Waals surface area (Å²) in [6.45, 7) is 0. The standard InChI is InChI=1S/C13H16N4O4S/c1-20-9-4-5-10(11(8-9)21-2)14-12-6-7-13(16-15-12)17-22(3,18)19/h4-8H,1-3H3,(H,14,15)(H,16,17). The molecule has 9 heteroatoms. The molecule has 0 amide bonds. The van der Waals surface area contributed by atoms with Gasteiger partial charge in [-0.2, -0.15) is 0 Å². The first-order valence-electron chi connectivity index (χ1n) is 6.22. The van der Waals surface area contributed by atoms with E-state index in [1.165, 1.54) is 6.07 Å². The maximum Gasteiger partial charge on any atom is 0.231 e. The molecule has 0 bridgehead atoms. The summed E-state index contributed by atoms with van der Waals surface area (Å²) in [5.74, 6) is 1.85. The lowest BCUT2D eigenvalue weighted by Crippen LogP contribution is -2.11. The lowest BCUT2D eigenvalue weighted by molar-refractivity contribution is 0.395. The number of aromatic nitrogens is 2. The molecule has 0 saturated carbocycles. The van der Waals surface area contributed by atoms with Crippen LogP contribution in [0.25, 0.3) is 0 Å². The van der Waals surface area contributed by atoms with Gasteiger partial charge in [-0.1, -0.05) is 0 Å². The van der Waals surface area contributed by atoms with Crippen molar-refractivity contribution in [1.29, 1.82) is 0 Å². The Kier molecular flexibility index (Phi) is 4.66. The van der Waals surface area contributed by atoms with Crippen molar-refractivity contribution in [2.45, 2.75) is 0 Å². The van der Waals surface area contributed by atoms with Crippen LogP contribution >= 0.6 is 0 Å². The van der Waals surface area contributed by atoms with Gasteiger partial charge in [-0.3, -0.25) is 4.72 Å². The van der Waals surface area contributed by atoms with Gasteiger partial charge in [0.1, 0.15) is 11.5 Å². The van der Waals surface area contributed by atoms with E-state index < -0.39 is 10.0 Å². The minimum Gasteiger partial charge on any atom is -0.497 e. The minimum atomic E-state index is -3.37. The molecule has 2 N–H and O–H groups in total. The number of benzene rings is 1. The molecule has 22 heavy (non-hydrogen) atoms. The number of ether oxygens (including phenoxy) is 2. The van der Waals surface area contributed by atoms with Crippen molar-refractivity contribution in [3.63, 3.8) is 0 Å². The van der Waals surface area contributed by atoms with Gasteiger partial charge in [0.05, 0.1) is 26.2 Å². The van der Waals surface area contributed by atoms with E-state index in [4.69, 9.17) is 9.47 Å². The third-order valence-corrected chi connectivity index (χ3v) is 3.21. The van der Waals surface area contributed by atoms with Gasteiger partial charge >= 0.3 is 0 Å². The number of hydrogen-bond donors (Lipinski definition) is 2. The fourth-order valence-corrected chi connectivity index (χ4v) is 2.17. The van der Waals surface area contributed by atoms with Gasteiger partial charge in [0.2, 0.25) is 10.0 Å². The normalized spacial score (nSPS) is 10.9. The molecule has 118 valence electrons. The number of sulfonamides is 1. The van der Waals surface area contributed by atoms with Crippen LogP contribution in [0.15, 0.2) is 30.3 Å². The Balaban J connectivity index is 2.17. The van der Waals surface area contributed by atoms with Gasteiger partial charge in [0, 0.05) is 6.07 Å². The maximum atomic E-state index is 11.1. The molecule has 1 aromatic carbocycles. The zero-order valence-electron chi connectivity index (χ0n) is 12.3. The highest BCUT2D eigenvalue weighted by molar-refractivity contribution is 7.92. The molecule has 0 aliphatic carbocycles. The summed E-state index contributed by atoms with van der Waals surface area (Å²) >= 11 is 0. The van der Waals surface area contributed by atoms with E-state index >= 15 is 0 Å². The summed E-state index contributed by atoms with van der Waals surface area (Å²) in [5.41, 5.74) is 0.682. The first-order valence-corrected chi connectivity index (χ1v) is 8.11. The van der Waals surface area contributed by atoms with Gasteiger partial charge < -0.3 is 14.8 Å². The Morgan fingerprint density at radius 2 is 1.68 bits per heavy atom. The Morgan fingerprint density at radius 3 is 2.23 bits per heavy atom. The van der Waals surface area contributed by atoms with Gasteiger partial charge in [-0.05, 0) is 24.3 Å². The molecule has 0 unspecified atom stereocenters. The molecule has 1 aromatic heterocycles. The predicted octanol–water partition coefficient (Wildman–Crippen LogP) is 1.61. The van der Waals surface area contributed by atoms with Crippen molar-refractivity contribution in [1.82, 2.24) is 10.2 Å². The molecule has 0 spiro atoms.